The summed E-state index contributed by atoms with van der Waals surface area (Å²) < 4.78 is 0. The van der Waals surface area contributed by atoms with Crippen LogP contribution in [0.25, 0.3) is 0 Å². The highest BCUT2D eigenvalue weighted by molar-refractivity contribution is 5.58. The zero-order valence-electron chi connectivity index (χ0n) is 8.99. The van der Waals surface area contributed by atoms with Crippen LogP contribution in [0.5, 0.6) is 0 Å². The lowest BCUT2D eigenvalue weighted by Gasteiger charge is -2.12. The second-order valence-electron chi connectivity index (χ2n) is 3.32. The van der Waals surface area contributed by atoms with Crippen molar-refractivity contribution in [3.8, 4) is 0 Å². The maximum Gasteiger partial charge on any atom is 0.151 e. The maximum absolute atomic E-state index is 4.22. The lowest BCUT2D eigenvalue weighted by atomic mass is 10.4. The van der Waals surface area contributed by atoms with Crippen LogP contribution in [0.3, 0.4) is 0 Å². The standard InChI is InChI=1S/C10H17N4/c1-11-9-5-4-6-12-10(9)13-7-8-14(2)3/h4-6H,7-8H2,1-3H3,(H,12,13). The van der Waals surface area contributed by atoms with E-state index in [1.807, 2.05) is 26.2 Å². The van der Waals surface area contributed by atoms with Gasteiger partial charge in [-0.2, -0.15) is 0 Å². The molecule has 0 saturated heterocycles. The van der Waals surface area contributed by atoms with Crippen LogP contribution in [-0.4, -0.2) is 44.1 Å². The number of aromatic nitrogens is 1. The molecule has 0 aliphatic carbocycles. The van der Waals surface area contributed by atoms with E-state index in [4.69, 9.17) is 0 Å². The monoisotopic (exact) mass is 193 g/mol. The first-order valence-corrected chi connectivity index (χ1v) is 4.67. The highest BCUT2D eigenvalue weighted by Crippen LogP contribution is 2.16. The Morgan fingerprint density at radius 2 is 2.29 bits per heavy atom. The summed E-state index contributed by atoms with van der Waals surface area (Å²) in [6.07, 6.45) is 1.77. The lowest BCUT2D eigenvalue weighted by molar-refractivity contribution is 0.425. The fourth-order valence-electron chi connectivity index (χ4n) is 1.11. The molecule has 1 aromatic heterocycles. The van der Waals surface area contributed by atoms with Crippen molar-refractivity contribution in [3.63, 3.8) is 0 Å². The van der Waals surface area contributed by atoms with Gasteiger partial charge < -0.3 is 10.2 Å². The molecule has 1 rings (SSSR count). The van der Waals surface area contributed by atoms with Crippen molar-refractivity contribution in [2.75, 3.05) is 39.5 Å². The first-order chi connectivity index (χ1) is 6.74. The van der Waals surface area contributed by atoms with Crippen molar-refractivity contribution in [2.45, 2.75) is 0 Å². The van der Waals surface area contributed by atoms with E-state index in [1.54, 1.807) is 13.2 Å². The highest BCUT2D eigenvalue weighted by Gasteiger charge is 2.00. The second-order valence-corrected chi connectivity index (χ2v) is 3.32. The van der Waals surface area contributed by atoms with Gasteiger partial charge in [0.25, 0.3) is 0 Å². The molecule has 1 aromatic rings. The van der Waals surface area contributed by atoms with Gasteiger partial charge in [0.05, 0.1) is 5.69 Å². The molecule has 0 atom stereocenters. The highest BCUT2D eigenvalue weighted by atomic mass is 15.1. The quantitative estimate of drug-likeness (QED) is 0.756. The number of hydrogen-bond donors (Lipinski definition) is 1. The van der Waals surface area contributed by atoms with E-state index < -0.39 is 0 Å². The molecule has 77 valence electrons. The van der Waals surface area contributed by atoms with Crippen LogP contribution in [0.1, 0.15) is 0 Å². The lowest BCUT2D eigenvalue weighted by Crippen LogP contribution is -2.21. The van der Waals surface area contributed by atoms with Crippen molar-refractivity contribution >= 4 is 11.5 Å². The molecule has 4 heteroatoms. The summed E-state index contributed by atoms with van der Waals surface area (Å²) in [5.41, 5.74) is 0.909. The Morgan fingerprint density at radius 1 is 1.50 bits per heavy atom. The Labute approximate surface area is 85.3 Å². The van der Waals surface area contributed by atoms with Gasteiger partial charge >= 0.3 is 0 Å². The van der Waals surface area contributed by atoms with Crippen molar-refractivity contribution in [3.05, 3.63) is 18.3 Å². The molecule has 1 radical (unpaired) electrons. The first kappa shape index (κ1) is 10.8. The fraction of sp³-hybridized carbons (Fsp3) is 0.500. The molecular formula is C10H17N4. The Morgan fingerprint density at radius 3 is 2.93 bits per heavy atom. The van der Waals surface area contributed by atoms with Crippen molar-refractivity contribution in [1.82, 2.24) is 15.2 Å². The number of likely N-dealkylation sites (N-methyl/N-ethyl adjacent to an activating group) is 1. The average molecular weight is 193 g/mol. The molecular weight excluding hydrogens is 176 g/mol. The smallest absolute Gasteiger partial charge is 0.151 e. The van der Waals surface area contributed by atoms with E-state index in [2.05, 4.69) is 20.5 Å². The summed E-state index contributed by atoms with van der Waals surface area (Å²) in [6, 6.07) is 3.84. The summed E-state index contributed by atoms with van der Waals surface area (Å²) in [5.74, 6) is 0.858. The molecule has 1 N–H and O–H groups in total. The molecule has 1 heterocycles. The number of anilines is 1. The largest absolute Gasteiger partial charge is 0.367 e. The topological polar surface area (TPSA) is 42.3 Å². The normalized spacial score (nSPS) is 10.3. The number of hydrogen-bond acceptors (Lipinski definition) is 3. The molecule has 0 aliphatic rings. The molecule has 0 unspecified atom stereocenters. The molecule has 0 bridgehead atoms. The zero-order chi connectivity index (χ0) is 10.4. The summed E-state index contributed by atoms with van der Waals surface area (Å²) in [7, 11) is 5.87. The molecule has 0 fully saturated rings. The molecule has 0 amide bonds. The zero-order valence-corrected chi connectivity index (χ0v) is 8.99. The van der Waals surface area contributed by atoms with Crippen LogP contribution in [0.2, 0.25) is 0 Å². The van der Waals surface area contributed by atoms with Gasteiger partial charge in [0.2, 0.25) is 0 Å². The van der Waals surface area contributed by atoms with Gasteiger partial charge in [0, 0.05) is 26.3 Å². The third kappa shape index (κ3) is 3.22. The van der Waals surface area contributed by atoms with Crippen LogP contribution >= 0.6 is 0 Å². The summed E-state index contributed by atoms with van der Waals surface area (Å²) in [6.45, 7) is 1.87. The third-order valence-electron chi connectivity index (χ3n) is 1.88. The number of pyridine rings is 1. The third-order valence-corrected chi connectivity index (χ3v) is 1.88. The minimum atomic E-state index is 0.858. The summed E-state index contributed by atoms with van der Waals surface area (Å²) >= 11 is 0. The van der Waals surface area contributed by atoms with Crippen molar-refractivity contribution in [2.24, 2.45) is 0 Å². The van der Waals surface area contributed by atoms with E-state index in [9.17, 15) is 0 Å². The van der Waals surface area contributed by atoms with Gasteiger partial charge in [-0.15, -0.1) is 0 Å². The van der Waals surface area contributed by atoms with Crippen LogP contribution in [0, 0.1) is 0 Å². The Hall–Kier alpha value is -1.29. The molecule has 0 saturated carbocycles. The van der Waals surface area contributed by atoms with Gasteiger partial charge in [-0.3, -0.25) is 5.32 Å². The second kappa shape index (κ2) is 5.44. The maximum atomic E-state index is 4.22. The average Bonchev–Trinajstić information content (AvgIpc) is 2.18. The van der Waals surface area contributed by atoms with E-state index >= 15 is 0 Å². The van der Waals surface area contributed by atoms with E-state index in [-0.39, 0.29) is 0 Å². The Kier molecular flexibility index (Phi) is 4.19. The van der Waals surface area contributed by atoms with E-state index in [0.29, 0.717) is 0 Å². The fourth-order valence-corrected chi connectivity index (χ4v) is 1.11. The SMILES string of the molecule is C[N]c1cccnc1NCCN(C)C. The summed E-state index contributed by atoms with van der Waals surface area (Å²) in [4.78, 5) is 6.35. The first-order valence-electron chi connectivity index (χ1n) is 4.67. The molecule has 14 heavy (non-hydrogen) atoms. The van der Waals surface area contributed by atoms with Gasteiger partial charge in [0.15, 0.2) is 5.82 Å². The van der Waals surface area contributed by atoms with Crippen LogP contribution in [0.4, 0.5) is 11.5 Å². The van der Waals surface area contributed by atoms with Crippen molar-refractivity contribution < 1.29 is 0 Å². The molecule has 4 nitrogen and oxygen atoms in total. The van der Waals surface area contributed by atoms with Gasteiger partial charge in [-0.25, -0.2) is 4.98 Å². The summed E-state index contributed by atoms with van der Waals surface area (Å²) in [5, 5.41) is 7.38. The van der Waals surface area contributed by atoms with Crippen molar-refractivity contribution in [1.29, 1.82) is 0 Å². The van der Waals surface area contributed by atoms with Crippen LogP contribution in [-0.2, 0) is 0 Å². The van der Waals surface area contributed by atoms with Crippen LogP contribution in [0.15, 0.2) is 18.3 Å². The van der Waals surface area contributed by atoms with E-state index in [1.165, 1.54) is 0 Å². The Bertz CT molecular complexity index is 273. The van der Waals surface area contributed by atoms with E-state index in [0.717, 1.165) is 24.6 Å². The predicted molar refractivity (Wildman–Crippen MR) is 59.0 cm³/mol. The number of nitrogens with one attached hydrogen (secondary N) is 1. The molecule has 0 aromatic carbocycles. The Balaban J connectivity index is 2.49. The number of rotatable bonds is 5. The minimum Gasteiger partial charge on any atom is -0.367 e. The molecule has 0 spiro atoms. The number of nitrogens with zero attached hydrogens (tertiary/aromatic N) is 3. The predicted octanol–water partition coefficient (Wildman–Crippen LogP) is 0.921. The van der Waals surface area contributed by atoms with Gasteiger partial charge in [-0.1, -0.05) is 0 Å². The van der Waals surface area contributed by atoms with Crippen LogP contribution < -0.4 is 10.6 Å². The molecule has 0 aliphatic heterocycles. The van der Waals surface area contributed by atoms with Gasteiger partial charge in [-0.05, 0) is 26.2 Å². The minimum absolute atomic E-state index is 0.858. The van der Waals surface area contributed by atoms with Gasteiger partial charge in [0.1, 0.15) is 0 Å².